The summed E-state index contributed by atoms with van der Waals surface area (Å²) < 4.78 is 10.9. The highest BCUT2D eigenvalue weighted by Crippen LogP contribution is 2.26. The number of hydrogen-bond donors (Lipinski definition) is 0. The van der Waals surface area contributed by atoms with E-state index in [2.05, 4.69) is 0 Å². The summed E-state index contributed by atoms with van der Waals surface area (Å²) >= 11 is 1.42. The molecule has 94 valence electrons. The van der Waals surface area contributed by atoms with Crippen molar-refractivity contribution in [1.29, 1.82) is 0 Å². The van der Waals surface area contributed by atoms with E-state index in [-0.39, 0.29) is 12.4 Å². The van der Waals surface area contributed by atoms with Crippen LogP contribution in [-0.4, -0.2) is 19.0 Å². The molecule has 1 aromatic heterocycles. The van der Waals surface area contributed by atoms with Gasteiger partial charge < -0.3 is 9.47 Å². The standard InChI is InChI=1S/C14H14O3S/c1-2-16-12-6-3-4-7-13(12)17-10-11(15)14-8-5-9-18-14/h3-9H,2,10H2,1H3. The smallest absolute Gasteiger partial charge is 0.210 e. The van der Waals surface area contributed by atoms with Gasteiger partial charge in [0, 0.05) is 0 Å². The molecule has 0 aliphatic carbocycles. The van der Waals surface area contributed by atoms with Gasteiger partial charge in [0.05, 0.1) is 11.5 Å². The lowest BCUT2D eigenvalue weighted by atomic mass is 10.3. The lowest BCUT2D eigenvalue weighted by Gasteiger charge is -2.10. The van der Waals surface area contributed by atoms with Crippen molar-refractivity contribution < 1.29 is 14.3 Å². The van der Waals surface area contributed by atoms with E-state index in [1.807, 2.05) is 36.6 Å². The molecule has 0 saturated carbocycles. The van der Waals surface area contributed by atoms with Gasteiger partial charge >= 0.3 is 0 Å². The minimum Gasteiger partial charge on any atom is -0.490 e. The third-order valence-corrected chi connectivity index (χ3v) is 3.21. The van der Waals surface area contributed by atoms with Crippen LogP contribution in [0.15, 0.2) is 41.8 Å². The molecule has 2 aromatic rings. The Morgan fingerprint density at radius 2 is 1.83 bits per heavy atom. The van der Waals surface area contributed by atoms with E-state index in [0.717, 1.165) is 0 Å². The average Bonchev–Trinajstić information content (AvgIpc) is 2.92. The molecular formula is C14H14O3S. The second-order valence-electron chi connectivity index (χ2n) is 3.57. The normalized spacial score (nSPS) is 10.1. The summed E-state index contributed by atoms with van der Waals surface area (Å²) in [5.74, 6) is 1.25. The highest BCUT2D eigenvalue weighted by atomic mass is 32.1. The number of para-hydroxylation sites is 2. The lowest BCUT2D eigenvalue weighted by molar-refractivity contribution is 0.0923. The van der Waals surface area contributed by atoms with Crippen LogP contribution < -0.4 is 9.47 Å². The topological polar surface area (TPSA) is 35.5 Å². The van der Waals surface area contributed by atoms with Crippen LogP contribution in [-0.2, 0) is 0 Å². The number of benzene rings is 1. The molecule has 1 aromatic carbocycles. The molecule has 1 heterocycles. The monoisotopic (exact) mass is 262 g/mol. The molecule has 2 rings (SSSR count). The zero-order valence-electron chi connectivity index (χ0n) is 10.1. The summed E-state index contributed by atoms with van der Waals surface area (Å²) in [5.41, 5.74) is 0. The van der Waals surface area contributed by atoms with Gasteiger partial charge in [-0.2, -0.15) is 0 Å². The Bertz CT molecular complexity index is 506. The zero-order valence-corrected chi connectivity index (χ0v) is 10.9. The Morgan fingerprint density at radius 1 is 1.11 bits per heavy atom. The van der Waals surface area contributed by atoms with E-state index in [9.17, 15) is 4.79 Å². The van der Waals surface area contributed by atoms with Crippen LogP contribution in [0.1, 0.15) is 16.6 Å². The molecule has 0 aliphatic heterocycles. The Balaban J connectivity index is 2.00. The molecule has 4 heteroatoms. The number of carbonyl (C=O) groups is 1. The highest BCUT2D eigenvalue weighted by molar-refractivity contribution is 7.12. The van der Waals surface area contributed by atoms with Crippen molar-refractivity contribution in [2.24, 2.45) is 0 Å². The van der Waals surface area contributed by atoms with E-state index < -0.39 is 0 Å². The molecule has 0 N–H and O–H groups in total. The Labute approximate surface area is 110 Å². The third kappa shape index (κ3) is 3.11. The number of ether oxygens (including phenoxy) is 2. The van der Waals surface area contributed by atoms with Crippen LogP contribution >= 0.6 is 11.3 Å². The van der Waals surface area contributed by atoms with Crippen molar-refractivity contribution >= 4 is 17.1 Å². The molecular weight excluding hydrogens is 248 g/mol. The van der Waals surface area contributed by atoms with Gasteiger partial charge in [0.25, 0.3) is 0 Å². The van der Waals surface area contributed by atoms with Gasteiger partial charge in [-0.25, -0.2) is 0 Å². The largest absolute Gasteiger partial charge is 0.490 e. The van der Waals surface area contributed by atoms with Gasteiger partial charge in [0.15, 0.2) is 18.1 Å². The third-order valence-electron chi connectivity index (χ3n) is 2.30. The molecule has 0 amide bonds. The highest BCUT2D eigenvalue weighted by Gasteiger charge is 2.09. The molecule has 0 fully saturated rings. The summed E-state index contributed by atoms with van der Waals surface area (Å²) in [7, 11) is 0. The number of thiophene rings is 1. The first kappa shape index (κ1) is 12.6. The molecule has 0 bridgehead atoms. The predicted molar refractivity (Wildman–Crippen MR) is 71.8 cm³/mol. The van der Waals surface area contributed by atoms with Crippen LogP contribution in [0.3, 0.4) is 0 Å². The molecule has 0 spiro atoms. The van der Waals surface area contributed by atoms with Crippen molar-refractivity contribution in [3.63, 3.8) is 0 Å². The summed E-state index contributed by atoms with van der Waals surface area (Å²) in [4.78, 5) is 12.5. The molecule has 0 atom stereocenters. The minimum atomic E-state index is -0.0173. The Hall–Kier alpha value is -1.81. The number of carbonyl (C=O) groups excluding carboxylic acids is 1. The van der Waals surface area contributed by atoms with Crippen LogP contribution in [0.25, 0.3) is 0 Å². The zero-order chi connectivity index (χ0) is 12.8. The van der Waals surface area contributed by atoms with E-state index in [1.54, 1.807) is 12.1 Å². The quantitative estimate of drug-likeness (QED) is 0.748. The van der Waals surface area contributed by atoms with Crippen LogP contribution in [0.5, 0.6) is 11.5 Å². The fraction of sp³-hybridized carbons (Fsp3) is 0.214. The van der Waals surface area contributed by atoms with E-state index in [0.29, 0.717) is 23.0 Å². The first-order valence-electron chi connectivity index (χ1n) is 5.72. The van der Waals surface area contributed by atoms with E-state index in [4.69, 9.17) is 9.47 Å². The second kappa shape index (κ2) is 6.21. The van der Waals surface area contributed by atoms with Gasteiger partial charge in [-0.15, -0.1) is 11.3 Å². The van der Waals surface area contributed by atoms with Crippen molar-refractivity contribution in [2.75, 3.05) is 13.2 Å². The molecule has 0 aliphatic rings. The van der Waals surface area contributed by atoms with Crippen LogP contribution in [0, 0.1) is 0 Å². The number of ketones is 1. The molecule has 0 unspecified atom stereocenters. The summed E-state index contributed by atoms with van der Waals surface area (Å²) in [6.07, 6.45) is 0. The minimum absolute atomic E-state index is 0.0173. The van der Waals surface area contributed by atoms with Gasteiger partial charge in [-0.05, 0) is 30.5 Å². The Kier molecular flexibility index (Phi) is 4.36. The van der Waals surface area contributed by atoms with Gasteiger partial charge in [0.2, 0.25) is 5.78 Å². The number of Topliss-reactive ketones (excluding diaryl/α,β-unsaturated/α-hetero) is 1. The predicted octanol–water partition coefficient (Wildman–Crippen LogP) is 3.41. The number of rotatable bonds is 6. The van der Waals surface area contributed by atoms with Crippen molar-refractivity contribution in [1.82, 2.24) is 0 Å². The van der Waals surface area contributed by atoms with E-state index >= 15 is 0 Å². The summed E-state index contributed by atoms with van der Waals surface area (Å²) in [5, 5.41) is 1.88. The average molecular weight is 262 g/mol. The van der Waals surface area contributed by atoms with Gasteiger partial charge in [-0.3, -0.25) is 4.79 Å². The summed E-state index contributed by atoms with van der Waals surface area (Å²) in [6.45, 7) is 2.51. The second-order valence-corrected chi connectivity index (χ2v) is 4.52. The maximum atomic E-state index is 11.8. The van der Waals surface area contributed by atoms with Crippen LogP contribution in [0.4, 0.5) is 0 Å². The Morgan fingerprint density at radius 3 is 2.44 bits per heavy atom. The first-order chi connectivity index (χ1) is 8.81. The molecule has 0 radical (unpaired) electrons. The van der Waals surface area contributed by atoms with Gasteiger partial charge in [-0.1, -0.05) is 18.2 Å². The van der Waals surface area contributed by atoms with Crippen molar-refractivity contribution in [3.05, 3.63) is 46.7 Å². The van der Waals surface area contributed by atoms with Gasteiger partial charge in [0.1, 0.15) is 0 Å². The van der Waals surface area contributed by atoms with Crippen molar-refractivity contribution in [2.45, 2.75) is 6.92 Å². The maximum Gasteiger partial charge on any atom is 0.210 e. The lowest BCUT2D eigenvalue weighted by Crippen LogP contribution is -2.10. The molecule has 18 heavy (non-hydrogen) atoms. The maximum absolute atomic E-state index is 11.8. The fourth-order valence-electron chi connectivity index (χ4n) is 1.50. The van der Waals surface area contributed by atoms with Crippen molar-refractivity contribution in [3.8, 4) is 11.5 Å². The fourth-order valence-corrected chi connectivity index (χ4v) is 2.15. The molecule has 0 saturated heterocycles. The first-order valence-corrected chi connectivity index (χ1v) is 6.60. The SMILES string of the molecule is CCOc1ccccc1OCC(=O)c1cccs1. The van der Waals surface area contributed by atoms with Crippen LogP contribution in [0.2, 0.25) is 0 Å². The summed E-state index contributed by atoms with van der Waals surface area (Å²) in [6, 6.07) is 11.0. The molecule has 3 nitrogen and oxygen atoms in total. The van der Waals surface area contributed by atoms with E-state index in [1.165, 1.54) is 11.3 Å². The number of hydrogen-bond acceptors (Lipinski definition) is 4.